The van der Waals surface area contributed by atoms with Crippen molar-refractivity contribution < 1.29 is 22.7 Å². The lowest BCUT2D eigenvalue weighted by atomic mass is 10.2. The maximum absolute atomic E-state index is 12.5. The van der Waals surface area contributed by atoms with Crippen molar-refractivity contribution in [2.24, 2.45) is 0 Å². The van der Waals surface area contributed by atoms with E-state index < -0.39 is 19.9 Å². The average molecular weight is 444 g/mol. The van der Waals surface area contributed by atoms with Crippen LogP contribution < -0.4 is 9.80 Å². The van der Waals surface area contributed by atoms with Crippen molar-refractivity contribution in [1.29, 1.82) is 0 Å². The number of para-hydroxylation sites is 2. The number of carbonyl (C=O) groups excluding carboxylic acids is 2. The summed E-state index contributed by atoms with van der Waals surface area (Å²) >= 11 is 0. The van der Waals surface area contributed by atoms with Gasteiger partial charge in [-0.3, -0.25) is 4.79 Å². The molecule has 1 unspecified atom stereocenters. The van der Waals surface area contributed by atoms with Crippen molar-refractivity contribution in [3.63, 3.8) is 0 Å². The third kappa shape index (κ3) is 5.14. The van der Waals surface area contributed by atoms with Crippen LogP contribution in [-0.2, 0) is 18.6 Å². The maximum Gasteiger partial charge on any atom is 0.410 e. The topological polar surface area (TPSA) is 87.2 Å². The summed E-state index contributed by atoms with van der Waals surface area (Å²) in [5.41, 5.74) is 0.944. The third-order valence-electron chi connectivity index (χ3n) is 4.93. The molecule has 0 radical (unpaired) electrons. The lowest BCUT2D eigenvalue weighted by Crippen LogP contribution is -2.50. The second-order valence-corrected chi connectivity index (χ2v) is 11.2. The van der Waals surface area contributed by atoms with Crippen LogP contribution in [-0.4, -0.2) is 68.9 Å². The monoisotopic (exact) mass is 443 g/mol. The first-order valence-electron chi connectivity index (χ1n) is 9.51. The SMILES string of the molecule is CC(C)(C)OC(=O)N1CCN(c2ccccc2N2CC(S(=O)(=O)Cl)CC2=O)CC1. The number of rotatable bonds is 3. The van der Waals surface area contributed by atoms with Crippen LogP contribution in [0.3, 0.4) is 0 Å². The molecule has 1 atom stereocenters. The Balaban J connectivity index is 1.73. The Bertz CT molecular complexity index is 891. The Hall–Kier alpha value is -2.00. The molecule has 0 aromatic heterocycles. The molecule has 29 heavy (non-hydrogen) atoms. The highest BCUT2D eigenvalue weighted by Gasteiger charge is 2.39. The van der Waals surface area contributed by atoms with E-state index in [-0.39, 0.29) is 25.0 Å². The number of amides is 2. The van der Waals surface area contributed by atoms with Crippen molar-refractivity contribution in [2.75, 3.05) is 42.5 Å². The molecule has 2 saturated heterocycles. The Labute approximate surface area is 175 Å². The van der Waals surface area contributed by atoms with E-state index in [0.717, 1.165) is 5.69 Å². The van der Waals surface area contributed by atoms with Crippen LogP contribution in [0.1, 0.15) is 27.2 Å². The molecular weight excluding hydrogens is 418 g/mol. The molecule has 0 bridgehead atoms. The largest absolute Gasteiger partial charge is 0.444 e. The molecule has 1 aromatic rings. The van der Waals surface area contributed by atoms with Crippen molar-refractivity contribution in [3.05, 3.63) is 24.3 Å². The van der Waals surface area contributed by atoms with Gasteiger partial charge in [0.1, 0.15) is 10.9 Å². The van der Waals surface area contributed by atoms with E-state index in [0.29, 0.717) is 31.9 Å². The van der Waals surface area contributed by atoms with Gasteiger partial charge in [0, 0.05) is 49.8 Å². The van der Waals surface area contributed by atoms with Gasteiger partial charge in [-0.15, -0.1) is 0 Å². The molecule has 0 saturated carbocycles. The highest BCUT2D eigenvalue weighted by molar-refractivity contribution is 8.14. The molecular formula is C19H26ClN3O5S. The van der Waals surface area contributed by atoms with Gasteiger partial charge >= 0.3 is 6.09 Å². The number of halogens is 1. The second-order valence-electron chi connectivity index (χ2n) is 8.25. The van der Waals surface area contributed by atoms with E-state index in [2.05, 4.69) is 4.90 Å². The molecule has 1 aromatic carbocycles. The van der Waals surface area contributed by atoms with Gasteiger partial charge in [0.05, 0.1) is 11.4 Å². The summed E-state index contributed by atoms with van der Waals surface area (Å²) in [6.07, 6.45) is -0.456. The molecule has 160 valence electrons. The number of carbonyl (C=O) groups is 2. The van der Waals surface area contributed by atoms with Crippen LogP contribution in [0.15, 0.2) is 24.3 Å². The quantitative estimate of drug-likeness (QED) is 0.667. The molecule has 2 amide bonds. The van der Waals surface area contributed by atoms with Crippen molar-refractivity contribution in [3.8, 4) is 0 Å². The lowest BCUT2D eigenvalue weighted by Gasteiger charge is -2.38. The summed E-state index contributed by atoms with van der Waals surface area (Å²) in [5.74, 6) is -0.265. The number of hydrogen-bond donors (Lipinski definition) is 0. The van der Waals surface area contributed by atoms with Crippen LogP contribution in [0.4, 0.5) is 16.2 Å². The van der Waals surface area contributed by atoms with Gasteiger partial charge in [0.25, 0.3) is 0 Å². The van der Waals surface area contributed by atoms with E-state index in [1.807, 2.05) is 39.0 Å². The van der Waals surface area contributed by atoms with Gasteiger partial charge in [-0.2, -0.15) is 0 Å². The van der Waals surface area contributed by atoms with Crippen LogP contribution in [0.2, 0.25) is 0 Å². The number of anilines is 2. The molecule has 0 spiro atoms. The fourth-order valence-corrected chi connectivity index (χ4v) is 4.54. The predicted molar refractivity (Wildman–Crippen MR) is 112 cm³/mol. The van der Waals surface area contributed by atoms with Crippen molar-refractivity contribution >= 4 is 43.1 Å². The minimum absolute atomic E-state index is 0.0412. The summed E-state index contributed by atoms with van der Waals surface area (Å²) in [6.45, 7) is 7.69. The fraction of sp³-hybridized carbons (Fsp3) is 0.579. The minimum atomic E-state index is -3.81. The molecule has 10 heteroatoms. The normalized spacial score (nSPS) is 20.9. The Morgan fingerprint density at radius 2 is 1.69 bits per heavy atom. The molecule has 0 aliphatic carbocycles. The number of nitrogens with zero attached hydrogens (tertiary/aromatic N) is 3. The molecule has 2 aliphatic heterocycles. The summed E-state index contributed by atoms with van der Waals surface area (Å²) in [4.78, 5) is 30.0. The van der Waals surface area contributed by atoms with Gasteiger partial charge in [-0.25, -0.2) is 13.2 Å². The first-order chi connectivity index (χ1) is 13.5. The Morgan fingerprint density at radius 3 is 2.21 bits per heavy atom. The highest BCUT2D eigenvalue weighted by atomic mass is 35.7. The summed E-state index contributed by atoms with van der Waals surface area (Å²) in [5, 5.41) is -0.909. The molecule has 2 heterocycles. The number of benzene rings is 1. The Kier molecular flexibility index (Phi) is 6.01. The van der Waals surface area contributed by atoms with Crippen LogP contribution in [0.5, 0.6) is 0 Å². The van der Waals surface area contributed by atoms with Crippen LogP contribution >= 0.6 is 10.7 Å². The van der Waals surface area contributed by atoms with E-state index in [4.69, 9.17) is 15.4 Å². The number of ether oxygens (including phenoxy) is 1. The maximum atomic E-state index is 12.5. The molecule has 0 N–H and O–H groups in total. The highest BCUT2D eigenvalue weighted by Crippen LogP contribution is 2.34. The fourth-order valence-electron chi connectivity index (χ4n) is 3.51. The van der Waals surface area contributed by atoms with E-state index in [9.17, 15) is 18.0 Å². The number of piperazine rings is 1. The summed E-state index contributed by atoms with van der Waals surface area (Å²) < 4.78 is 28.8. The predicted octanol–water partition coefficient (Wildman–Crippen LogP) is 2.42. The summed E-state index contributed by atoms with van der Waals surface area (Å²) in [6, 6.07) is 7.38. The van der Waals surface area contributed by atoms with Crippen molar-refractivity contribution in [2.45, 2.75) is 38.0 Å². The van der Waals surface area contributed by atoms with Crippen molar-refractivity contribution in [1.82, 2.24) is 4.90 Å². The van der Waals surface area contributed by atoms with Crippen LogP contribution in [0.25, 0.3) is 0 Å². The molecule has 8 nitrogen and oxygen atoms in total. The van der Waals surface area contributed by atoms with Gasteiger partial charge < -0.3 is 19.4 Å². The molecule has 2 fully saturated rings. The van der Waals surface area contributed by atoms with Crippen LogP contribution in [0, 0.1) is 0 Å². The van der Waals surface area contributed by atoms with Gasteiger partial charge in [0.15, 0.2) is 0 Å². The second kappa shape index (κ2) is 8.02. The van der Waals surface area contributed by atoms with E-state index >= 15 is 0 Å². The third-order valence-corrected chi connectivity index (χ3v) is 6.80. The molecule has 2 aliphatic rings. The smallest absolute Gasteiger partial charge is 0.410 e. The standard InChI is InChI=1S/C19H26ClN3O5S/c1-19(2,3)28-18(25)22-10-8-21(9-11-22)15-6-4-5-7-16(15)23-13-14(12-17(23)24)29(20,26)27/h4-7,14H,8-13H2,1-3H3. The Morgan fingerprint density at radius 1 is 1.10 bits per heavy atom. The van der Waals surface area contributed by atoms with Gasteiger partial charge in [0.2, 0.25) is 15.0 Å². The minimum Gasteiger partial charge on any atom is -0.444 e. The van der Waals surface area contributed by atoms with E-state index in [1.54, 1.807) is 11.0 Å². The van der Waals surface area contributed by atoms with Gasteiger partial charge in [-0.05, 0) is 32.9 Å². The van der Waals surface area contributed by atoms with E-state index in [1.165, 1.54) is 4.90 Å². The number of hydrogen-bond acceptors (Lipinski definition) is 6. The zero-order valence-electron chi connectivity index (χ0n) is 16.8. The lowest BCUT2D eigenvalue weighted by molar-refractivity contribution is -0.117. The zero-order chi connectivity index (χ0) is 21.4. The molecule has 3 rings (SSSR count). The summed E-state index contributed by atoms with van der Waals surface area (Å²) in [7, 11) is 1.66. The first-order valence-corrected chi connectivity index (χ1v) is 11.9. The zero-order valence-corrected chi connectivity index (χ0v) is 18.4. The van der Waals surface area contributed by atoms with Gasteiger partial charge in [-0.1, -0.05) is 12.1 Å². The first kappa shape index (κ1) is 21.7. The average Bonchev–Trinajstić information content (AvgIpc) is 3.02.